The van der Waals surface area contributed by atoms with E-state index in [2.05, 4.69) is 16.1 Å². The Bertz CT molecular complexity index is 1030. The molecule has 6 heteroatoms. The molecule has 0 amide bonds. The Balaban J connectivity index is 2.08. The smallest absolute Gasteiger partial charge is 0.328 e. The second kappa shape index (κ2) is 6.37. The topological polar surface area (TPSA) is 80.9 Å². The Labute approximate surface area is 151 Å². The van der Waals surface area contributed by atoms with Gasteiger partial charge in [0, 0.05) is 53.0 Å². The van der Waals surface area contributed by atoms with Crippen LogP contribution in [0.1, 0.15) is 42.5 Å². The fraction of sp³-hybridized carbons (Fsp3) is 0.300. The van der Waals surface area contributed by atoms with Crippen LogP contribution in [0.4, 0.5) is 0 Å². The molecule has 0 saturated heterocycles. The van der Waals surface area contributed by atoms with Crippen LogP contribution in [-0.2, 0) is 11.3 Å². The highest BCUT2D eigenvalue weighted by atomic mass is 16.4. The van der Waals surface area contributed by atoms with E-state index < -0.39 is 5.97 Å². The van der Waals surface area contributed by atoms with Crippen LogP contribution in [0.25, 0.3) is 28.2 Å². The van der Waals surface area contributed by atoms with E-state index in [1.54, 1.807) is 6.08 Å². The Kier molecular flexibility index (Phi) is 4.03. The van der Waals surface area contributed by atoms with Crippen molar-refractivity contribution in [3.63, 3.8) is 0 Å². The van der Waals surface area contributed by atoms with Crippen molar-refractivity contribution in [2.24, 2.45) is 0 Å². The summed E-state index contributed by atoms with van der Waals surface area (Å²) in [6.45, 7) is 4.77. The van der Waals surface area contributed by atoms with Gasteiger partial charge in [0.05, 0.1) is 11.9 Å². The van der Waals surface area contributed by atoms with Crippen molar-refractivity contribution >= 4 is 23.1 Å². The number of aryl methyl sites for hydroxylation is 2. The average Bonchev–Trinajstić information content (AvgIpc) is 3.38. The van der Waals surface area contributed by atoms with Gasteiger partial charge in [-0.2, -0.15) is 5.10 Å². The SMILES string of the molecule is CCn1ncc2c(-c3cncc(C)c3)c(C=CC(=O)O)c(C3CC3)nc21. The maximum atomic E-state index is 11.1. The van der Waals surface area contributed by atoms with Crippen LogP contribution < -0.4 is 0 Å². The fourth-order valence-electron chi connectivity index (χ4n) is 3.35. The van der Waals surface area contributed by atoms with E-state index >= 15 is 0 Å². The number of hydrogen-bond acceptors (Lipinski definition) is 4. The Hall–Kier alpha value is -3.02. The van der Waals surface area contributed by atoms with E-state index in [-0.39, 0.29) is 0 Å². The van der Waals surface area contributed by atoms with Gasteiger partial charge >= 0.3 is 5.97 Å². The van der Waals surface area contributed by atoms with E-state index in [4.69, 9.17) is 10.1 Å². The molecule has 0 atom stereocenters. The predicted octanol–water partition coefficient (Wildman–Crippen LogP) is 3.80. The van der Waals surface area contributed by atoms with Crippen LogP contribution in [0.2, 0.25) is 0 Å². The van der Waals surface area contributed by atoms with Crippen molar-refractivity contribution < 1.29 is 9.90 Å². The number of aliphatic carboxylic acids is 1. The zero-order valence-electron chi connectivity index (χ0n) is 14.8. The lowest BCUT2D eigenvalue weighted by Crippen LogP contribution is -2.03. The molecule has 4 rings (SSSR count). The van der Waals surface area contributed by atoms with Gasteiger partial charge in [-0.15, -0.1) is 0 Å². The molecule has 1 aliphatic rings. The molecule has 0 aliphatic heterocycles. The quantitative estimate of drug-likeness (QED) is 0.709. The third-order valence-corrected chi connectivity index (χ3v) is 4.67. The summed E-state index contributed by atoms with van der Waals surface area (Å²) in [5.41, 5.74) is 5.65. The van der Waals surface area contributed by atoms with Crippen molar-refractivity contribution in [1.29, 1.82) is 0 Å². The molecule has 0 bridgehead atoms. The van der Waals surface area contributed by atoms with Crippen molar-refractivity contribution in [1.82, 2.24) is 19.7 Å². The second-order valence-electron chi connectivity index (χ2n) is 6.68. The minimum Gasteiger partial charge on any atom is -0.478 e. The van der Waals surface area contributed by atoms with Gasteiger partial charge in [-0.3, -0.25) is 4.98 Å². The monoisotopic (exact) mass is 348 g/mol. The number of fused-ring (bicyclic) bond motifs is 1. The Morgan fingerprint density at radius 2 is 2.15 bits per heavy atom. The molecule has 26 heavy (non-hydrogen) atoms. The zero-order chi connectivity index (χ0) is 18.3. The maximum absolute atomic E-state index is 11.1. The minimum absolute atomic E-state index is 0.379. The third-order valence-electron chi connectivity index (χ3n) is 4.67. The van der Waals surface area contributed by atoms with E-state index in [1.807, 2.05) is 37.1 Å². The van der Waals surface area contributed by atoms with Crippen LogP contribution >= 0.6 is 0 Å². The molecular weight excluding hydrogens is 328 g/mol. The lowest BCUT2D eigenvalue weighted by Gasteiger charge is -2.14. The predicted molar refractivity (Wildman–Crippen MR) is 99.8 cm³/mol. The van der Waals surface area contributed by atoms with Gasteiger partial charge in [0.2, 0.25) is 0 Å². The first kappa shape index (κ1) is 16.4. The first-order valence-electron chi connectivity index (χ1n) is 8.81. The van der Waals surface area contributed by atoms with Crippen molar-refractivity contribution in [2.75, 3.05) is 0 Å². The maximum Gasteiger partial charge on any atom is 0.328 e. The van der Waals surface area contributed by atoms with Gasteiger partial charge in [-0.05, 0) is 44.4 Å². The summed E-state index contributed by atoms with van der Waals surface area (Å²) >= 11 is 0. The molecular formula is C20H20N4O2. The molecule has 0 aromatic carbocycles. The standard InChI is InChI=1S/C20H20N4O2/c1-3-24-20-16(11-22-24)18(14-8-12(2)9-21-10-14)15(6-7-17(25)26)19(23-20)13-4-5-13/h6-11,13H,3-5H2,1-2H3,(H,25,26). The van der Waals surface area contributed by atoms with Gasteiger partial charge in [-0.25, -0.2) is 14.5 Å². The largest absolute Gasteiger partial charge is 0.478 e. The van der Waals surface area contributed by atoms with E-state index in [0.29, 0.717) is 5.92 Å². The number of rotatable bonds is 5. The van der Waals surface area contributed by atoms with Gasteiger partial charge in [0.1, 0.15) is 0 Å². The van der Waals surface area contributed by atoms with Gasteiger partial charge in [-0.1, -0.05) is 0 Å². The number of carbonyl (C=O) groups is 1. The zero-order valence-corrected chi connectivity index (χ0v) is 14.8. The molecule has 3 heterocycles. The molecule has 3 aromatic heterocycles. The first-order chi connectivity index (χ1) is 12.6. The number of carboxylic acids is 1. The molecule has 3 aromatic rings. The fourth-order valence-corrected chi connectivity index (χ4v) is 3.35. The average molecular weight is 348 g/mol. The summed E-state index contributed by atoms with van der Waals surface area (Å²) in [6, 6.07) is 2.07. The van der Waals surface area contributed by atoms with Gasteiger partial charge in [0.15, 0.2) is 5.65 Å². The number of aromatic nitrogens is 4. The highest BCUT2D eigenvalue weighted by Gasteiger charge is 2.30. The number of carboxylic acid groups (broad SMARTS) is 1. The summed E-state index contributed by atoms with van der Waals surface area (Å²) in [5.74, 6) is -0.589. The number of nitrogens with zero attached hydrogens (tertiary/aromatic N) is 4. The van der Waals surface area contributed by atoms with Crippen LogP contribution in [0.15, 0.2) is 30.7 Å². The summed E-state index contributed by atoms with van der Waals surface area (Å²) in [5, 5.41) is 14.5. The molecule has 132 valence electrons. The summed E-state index contributed by atoms with van der Waals surface area (Å²) < 4.78 is 1.89. The van der Waals surface area contributed by atoms with Crippen LogP contribution in [0.3, 0.4) is 0 Å². The molecule has 1 aliphatic carbocycles. The second-order valence-corrected chi connectivity index (χ2v) is 6.68. The van der Waals surface area contributed by atoms with Crippen molar-refractivity contribution in [3.8, 4) is 11.1 Å². The van der Waals surface area contributed by atoms with E-state index in [1.165, 1.54) is 6.08 Å². The minimum atomic E-state index is -0.968. The molecule has 1 N–H and O–H groups in total. The highest BCUT2D eigenvalue weighted by Crippen LogP contribution is 2.45. The lowest BCUT2D eigenvalue weighted by molar-refractivity contribution is -0.131. The summed E-state index contributed by atoms with van der Waals surface area (Å²) in [7, 11) is 0. The molecule has 1 fully saturated rings. The lowest BCUT2D eigenvalue weighted by atomic mass is 9.94. The normalized spacial score (nSPS) is 14.4. The van der Waals surface area contributed by atoms with Crippen LogP contribution in [0, 0.1) is 6.92 Å². The Morgan fingerprint density at radius 1 is 1.35 bits per heavy atom. The first-order valence-corrected chi connectivity index (χ1v) is 8.81. The van der Waals surface area contributed by atoms with E-state index in [9.17, 15) is 4.79 Å². The molecule has 1 saturated carbocycles. The van der Waals surface area contributed by atoms with Gasteiger partial charge in [0.25, 0.3) is 0 Å². The highest BCUT2D eigenvalue weighted by molar-refractivity contribution is 5.99. The van der Waals surface area contributed by atoms with Crippen molar-refractivity contribution in [2.45, 2.75) is 39.2 Å². The molecule has 0 unspecified atom stereocenters. The molecule has 0 radical (unpaired) electrons. The molecule has 6 nitrogen and oxygen atoms in total. The van der Waals surface area contributed by atoms with Crippen molar-refractivity contribution in [3.05, 3.63) is 47.6 Å². The number of pyridine rings is 2. The van der Waals surface area contributed by atoms with Crippen LogP contribution in [0.5, 0.6) is 0 Å². The van der Waals surface area contributed by atoms with E-state index in [0.717, 1.165) is 58.4 Å². The van der Waals surface area contributed by atoms with Gasteiger partial charge < -0.3 is 5.11 Å². The Morgan fingerprint density at radius 3 is 2.81 bits per heavy atom. The summed E-state index contributed by atoms with van der Waals surface area (Å²) in [4.78, 5) is 20.4. The summed E-state index contributed by atoms with van der Waals surface area (Å²) in [6.07, 6.45) is 10.5. The molecule has 0 spiro atoms. The van der Waals surface area contributed by atoms with Crippen LogP contribution in [-0.4, -0.2) is 30.8 Å². The number of hydrogen-bond donors (Lipinski definition) is 1. The third kappa shape index (κ3) is 2.87.